The maximum absolute atomic E-state index is 14.5. The molecular formula is C35H34Cl2F3N3O4S. The standard InChI is InChI=1S/C35H34Cl2F3N3O4S/c1-3-24(2)41-34(45)32(20-25-12-6-4-7-13-25)42(22-26-14-10-11-17-30(26)36)33(44)23-43(48(46,47)28-15-8-5-9-16-28)27-18-19-31(37)29(21-27)35(38,39)40/h4-19,21,24,32H,3,20,22-23H2,1-2H3,(H,41,45). The lowest BCUT2D eigenvalue weighted by Gasteiger charge is -2.34. The van der Waals surface area contributed by atoms with Crippen LogP contribution in [-0.2, 0) is 38.8 Å². The number of anilines is 1. The van der Waals surface area contributed by atoms with Crippen molar-refractivity contribution in [3.05, 3.63) is 130 Å². The van der Waals surface area contributed by atoms with Crippen LogP contribution in [0.15, 0.2) is 108 Å². The van der Waals surface area contributed by atoms with E-state index in [0.29, 0.717) is 27.4 Å². The summed E-state index contributed by atoms with van der Waals surface area (Å²) in [6.45, 7) is 2.56. The van der Waals surface area contributed by atoms with E-state index in [0.717, 1.165) is 17.7 Å². The van der Waals surface area contributed by atoms with Crippen LogP contribution in [0.1, 0.15) is 37.0 Å². The van der Waals surface area contributed by atoms with E-state index >= 15 is 0 Å². The molecular weight excluding hydrogens is 686 g/mol. The van der Waals surface area contributed by atoms with E-state index in [2.05, 4.69) is 5.32 Å². The lowest BCUT2D eigenvalue weighted by molar-refractivity contribution is -0.140. The fraction of sp³-hybridized carbons (Fsp3) is 0.257. The Morgan fingerprint density at radius 3 is 2.06 bits per heavy atom. The summed E-state index contributed by atoms with van der Waals surface area (Å²) in [7, 11) is -4.62. The summed E-state index contributed by atoms with van der Waals surface area (Å²) in [5.41, 5.74) is -0.513. The fourth-order valence-corrected chi connectivity index (χ4v) is 6.79. The number of nitrogens with one attached hydrogen (secondary N) is 1. The van der Waals surface area contributed by atoms with Gasteiger partial charge in [0.2, 0.25) is 11.8 Å². The minimum atomic E-state index is -4.91. The van der Waals surface area contributed by atoms with Crippen LogP contribution >= 0.6 is 23.2 Å². The number of carbonyl (C=O) groups is 2. The third-order valence-corrected chi connectivity index (χ3v) is 10.2. The minimum absolute atomic E-state index is 0.0594. The van der Waals surface area contributed by atoms with E-state index in [1.165, 1.54) is 29.2 Å². The summed E-state index contributed by atoms with van der Waals surface area (Å²) < 4.78 is 70.5. The van der Waals surface area contributed by atoms with E-state index < -0.39 is 56.9 Å². The van der Waals surface area contributed by atoms with E-state index in [1.54, 1.807) is 60.7 Å². The van der Waals surface area contributed by atoms with Crippen molar-refractivity contribution in [1.29, 1.82) is 0 Å². The van der Waals surface area contributed by atoms with E-state index in [4.69, 9.17) is 23.2 Å². The fourth-order valence-electron chi connectivity index (χ4n) is 4.94. The van der Waals surface area contributed by atoms with Gasteiger partial charge >= 0.3 is 6.18 Å². The highest BCUT2D eigenvalue weighted by molar-refractivity contribution is 7.92. The van der Waals surface area contributed by atoms with Gasteiger partial charge in [0.05, 0.1) is 21.2 Å². The molecule has 7 nitrogen and oxygen atoms in total. The highest BCUT2D eigenvalue weighted by Crippen LogP contribution is 2.38. The highest BCUT2D eigenvalue weighted by atomic mass is 35.5. The molecule has 2 atom stereocenters. The van der Waals surface area contributed by atoms with Crippen LogP contribution in [0.5, 0.6) is 0 Å². The third-order valence-electron chi connectivity index (χ3n) is 7.72. The second kappa shape index (κ2) is 15.9. The number of hydrogen-bond donors (Lipinski definition) is 1. The van der Waals surface area contributed by atoms with Gasteiger partial charge in [0, 0.05) is 24.0 Å². The first-order valence-electron chi connectivity index (χ1n) is 15.0. The van der Waals surface area contributed by atoms with Crippen LogP contribution in [0.3, 0.4) is 0 Å². The normalized spacial score (nSPS) is 13.0. The Morgan fingerprint density at radius 2 is 1.46 bits per heavy atom. The number of carbonyl (C=O) groups excluding carboxylic acids is 2. The molecule has 0 aliphatic heterocycles. The number of rotatable bonds is 13. The summed E-state index contributed by atoms with van der Waals surface area (Å²) >= 11 is 12.4. The van der Waals surface area contributed by atoms with Crippen molar-refractivity contribution in [3.8, 4) is 0 Å². The van der Waals surface area contributed by atoms with Crippen LogP contribution in [-0.4, -0.2) is 43.8 Å². The number of alkyl halides is 3. The first-order valence-corrected chi connectivity index (χ1v) is 17.2. The van der Waals surface area contributed by atoms with Gasteiger partial charge in [0.25, 0.3) is 10.0 Å². The van der Waals surface area contributed by atoms with Gasteiger partial charge < -0.3 is 10.2 Å². The molecule has 0 aliphatic carbocycles. The lowest BCUT2D eigenvalue weighted by atomic mass is 10.0. The molecule has 2 amide bonds. The Kier molecular flexibility index (Phi) is 12.2. The van der Waals surface area contributed by atoms with Gasteiger partial charge in [-0.15, -0.1) is 0 Å². The molecule has 0 aliphatic rings. The molecule has 0 aromatic heterocycles. The van der Waals surface area contributed by atoms with Gasteiger partial charge in [-0.2, -0.15) is 13.2 Å². The molecule has 254 valence electrons. The van der Waals surface area contributed by atoms with Crippen molar-refractivity contribution in [2.75, 3.05) is 10.8 Å². The molecule has 0 spiro atoms. The van der Waals surface area contributed by atoms with Crippen molar-refractivity contribution < 1.29 is 31.2 Å². The van der Waals surface area contributed by atoms with E-state index in [-0.39, 0.29) is 23.9 Å². The zero-order valence-electron chi connectivity index (χ0n) is 26.1. The van der Waals surface area contributed by atoms with Gasteiger partial charge in [-0.05, 0) is 60.9 Å². The zero-order valence-corrected chi connectivity index (χ0v) is 28.5. The average molecular weight is 721 g/mol. The summed E-state index contributed by atoms with van der Waals surface area (Å²) in [4.78, 5) is 29.4. The number of halogens is 5. The molecule has 0 bridgehead atoms. The van der Waals surface area contributed by atoms with Crippen molar-refractivity contribution >= 4 is 50.7 Å². The first kappa shape index (κ1) is 36.8. The number of sulfonamides is 1. The molecule has 0 saturated heterocycles. The molecule has 1 N–H and O–H groups in total. The molecule has 0 radical (unpaired) electrons. The summed E-state index contributed by atoms with van der Waals surface area (Å²) in [6.07, 6.45) is -4.25. The predicted octanol–water partition coefficient (Wildman–Crippen LogP) is 7.76. The quantitative estimate of drug-likeness (QED) is 0.153. The SMILES string of the molecule is CCC(C)NC(=O)C(Cc1ccccc1)N(Cc1ccccc1Cl)C(=O)CN(c1ccc(Cl)c(C(F)(F)F)c1)S(=O)(=O)c1ccccc1. The Balaban J connectivity index is 1.87. The second-order valence-electron chi connectivity index (χ2n) is 11.1. The molecule has 2 unspecified atom stereocenters. The summed E-state index contributed by atoms with van der Waals surface area (Å²) in [5.74, 6) is -1.34. The number of nitrogens with zero attached hydrogens (tertiary/aromatic N) is 2. The zero-order chi connectivity index (χ0) is 35.1. The Labute approximate surface area is 288 Å². The monoisotopic (exact) mass is 719 g/mol. The van der Waals surface area contributed by atoms with Gasteiger partial charge in [0.15, 0.2) is 0 Å². The topological polar surface area (TPSA) is 86.8 Å². The minimum Gasteiger partial charge on any atom is -0.352 e. The van der Waals surface area contributed by atoms with Crippen molar-refractivity contribution in [2.24, 2.45) is 0 Å². The smallest absolute Gasteiger partial charge is 0.352 e. The summed E-state index contributed by atoms with van der Waals surface area (Å²) in [6, 6.07) is 23.9. The van der Waals surface area contributed by atoms with Crippen LogP contribution in [0, 0.1) is 0 Å². The number of amides is 2. The maximum atomic E-state index is 14.5. The molecule has 4 aromatic rings. The molecule has 48 heavy (non-hydrogen) atoms. The second-order valence-corrected chi connectivity index (χ2v) is 13.8. The Morgan fingerprint density at radius 1 is 0.854 bits per heavy atom. The van der Waals surface area contributed by atoms with Crippen molar-refractivity contribution in [2.45, 2.75) is 56.4 Å². The van der Waals surface area contributed by atoms with Crippen molar-refractivity contribution in [1.82, 2.24) is 10.2 Å². The van der Waals surface area contributed by atoms with Crippen LogP contribution in [0.2, 0.25) is 10.0 Å². The highest BCUT2D eigenvalue weighted by Gasteiger charge is 2.38. The van der Waals surface area contributed by atoms with Crippen LogP contribution in [0.4, 0.5) is 18.9 Å². The molecule has 0 saturated carbocycles. The molecule has 4 rings (SSSR count). The van der Waals surface area contributed by atoms with Crippen molar-refractivity contribution in [3.63, 3.8) is 0 Å². The summed E-state index contributed by atoms with van der Waals surface area (Å²) in [5, 5.41) is 2.58. The molecule has 4 aromatic carbocycles. The largest absolute Gasteiger partial charge is 0.417 e. The maximum Gasteiger partial charge on any atom is 0.417 e. The van der Waals surface area contributed by atoms with Gasteiger partial charge in [0.1, 0.15) is 12.6 Å². The van der Waals surface area contributed by atoms with Gasteiger partial charge in [-0.3, -0.25) is 13.9 Å². The Hall–Kier alpha value is -4.06. The van der Waals surface area contributed by atoms with Gasteiger partial charge in [-0.1, -0.05) is 96.9 Å². The average Bonchev–Trinajstić information content (AvgIpc) is 3.06. The van der Waals surface area contributed by atoms with Crippen LogP contribution in [0.25, 0.3) is 0 Å². The number of benzene rings is 4. The third kappa shape index (κ3) is 9.09. The molecule has 13 heteroatoms. The number of hydrogen-bond acceptors (Lipinski definition) is 4. The lowest BCUT2D eigenvalue weighted by Crippen LogP contribution is -2.54. The van der Waals surface area contributed by atoms with Gasteiger partial charge in [-0.25, -0.2) is 8.42 Å². The molecule has 0 fully saturated rings. The van der Waals surface area contributed by atoms with Crippen LogP contribution < -0.4 is 9.62 Å². The molecule has 0 heterocycles. The van der Waals surface area contributed by atoms with E-state index in [9.17, 15) is 31.2 Å². The first-order chi connectivity index (χ1) is 22.7. The van der Waals surface area contributed by atoms with E-state index in [1.807, 2.05) is 13.8 Å². The Bertz CT molecular complexity index is 1830. The predicted molar refractivity (Wildman–Crippen MR) is 181 cm³/mol.